The van der Waals surface area contributed by atoms with Crippen molar-refractivity contribution in [3.8, 4) is 5.75 Å². The molecule has 4 rings (SSSR count). The Labute approximate surface area is 178 Å². The zero-order chi connectivity index (χ0) is 21.4. The Morgan fingerprint density at radius 1 is 1.43 bits per heavy atom. The largest absolute Gasteiger partial charge is 0.493 e. The first-order valence-corrected chi connectivity index (χ1v) is 10.1. The molecule has 1 aromatic carbocycles. The Bertz CT molecular complexity index is 1100. The second-order valence-corrected chi connectivity index (χ2v) is 7.73. The monoisotopic (exact) mass is 430 g/mol. The number of benzene rings is 1. The van der Waals surface area contributed by atoms with Crippen LogP contribution in [0.5, 0.6) is 5.75 Å². The van der Waals surface area contributed by atoms with E-state index in [9.17, 15) is 9.90 Å². The lowest BCUT2D eigenvalue weighted by molar-refractivity contribution is 0.104. The smallest absolute Gasteiger partial charge is 0.407 e. The van der Waals surface area contributed by atoms with Gasteiger partial charge in [-0.3, -0.25) is 0 Å². The van der Waals surface area contributed by atoms with Crippen molar-refractivity contribution in [2.24, 2.45) is 0 Å². The molecule has 1 amide bonds. The summed E-state index contributed by atoms with van der Waals surface area (Å²) < 4.78 is 6.07. The number of carboxylic acid groups (broad SMARTS) is 1. The highest BCUT2D eigenvalue weighted by Gasteiger charge is 2.36. The minimum Gasteiger partial charge on any atom is -0.493 e. The van der Waals surface area contributed by atoms with Gasteiger partial charge in [-0.1, -0.05) is 11.6 Å². The summed E-state index contributed by atoms with van der Waals surface area (Å²) >= 11 is 6.58. The fraction of sp³-hybridized carbons (Fsp3) is 0.400. The maximum atomic E-state index is 11.2. The number of aromatic amines is 1. The van der Waals surface area contributed by atoms with Gasteiger partial charge in [-0.15, -0.1) is 0 Å². The average molecular weight is 431 g/mol. The number of carbonyl (C=O) groups is 1. The summed E-state index contributed by atoms with van der Waals surface area (Å²) in [4.78, 5) is 28.3. The molecule has 1 atom stereocenters. The molecule has 0 aliphatic carbocycles. The van der Waals surface area contributed by atoms with E-state index in [1.807, 2.05) is 26.8 Å². The van der Waals surface area contributed by atoms with E-state index in [2.05, 4.69) is 25.3 Å². The summed E-state index contributed by atoms with van der Waals surface area (Å²) in [6.07, 6.45) is 2.13. The number of likely N-dealkylation sites (tertiary alicyclic amines) is 1. The van der Waals surface area contributed by atoms with Crippen LogP contribution in [0.2, 0.25) is 5.02 Å². The third-order valence-electron chi connectivity index (χ3n) is 5.44. The van der Waals surface area contributed by atoms with Crippen LogP contribution in [-0.2, 0) is 0 Å². The van der Waals surface area contributed by atoms with Gasteiger partial charge in [0.05, 0.1) is 19.0 Å². The zero-order valence-electron chi connectivity index (χ0n) is 16.9. The Balaban J connectivity index is 1.71. The molecule has 1 aliphatic rings. The van der Waals surface area contributed by atoms with Crippen LogP contribution in [0.15, 0.2) is 18.7 Å². The van der Waals surface area contributed by atoms with Crippen LogP contribution in [-0.4, -0.2) is 55.7 Å². The van der Waals surface area contributed by atoms with Crippen LogP contribution in [0.3, 0.4) is 0 Å². The predicted octanol–water partition coefficient (Wildman–Crippen LogP) is 3.96. The number of imidazole rings is 1. The molecule has 158 valence electrons. The van der Waals surface area contributed by atoms with Crippen LogP contribution in [0.4, 0.5) is 10.6 Å². The number of halogens is 1. The summed E-state index contributed by atoms with van der Waals surface area (Å²) in [6.45, 7) is 7.23. The van der Waals surface area contributed by atoms with Crippen LogP contribution >= 0.6 is 11.6 Å². The van der Waals surface area contributed by atoms with Gasteiger partial charge in [0.1, 0.15) is 17.6 Å². The van der Waals surface area contributed by atoms with Crippen molar-refractivity contribution in [3.63, 3.8) is 0 Å². The quantitative estimate of drug-likeness (QED) is 0.541. The van der Waals surface area contributed by atoms with E-state index in [0.717, 1.165) is 28.0 Å². The van der Waals surface area contributed by atoms with Crippen molar-refractivity contribution in [1.29, 1.82) is 0 Å². The van der Waals surface area contributed by atoms with Gasteiger partial charge in [-0.25, -0.2) is 19.7 Å². The molecule has 9 nitrogen and oxygen atoms in total. The first-order chi connectivity index (χ1) is 14.4. The number of hydrogen-bond acceptors (Lipinski definition) is 6. The molecule has 3 N–H and O–H groups in total. The van der Waals surface area contributed by atoms with Gasteiger partial charge in [-0.2, -0.15) is 0 Å². The number of aromatic nitrogens is 4. The highest BCUT2D eigenvalue weighted by atomic mass is 35.5. The van der Waals surface area contributed by atoms with Crippen molar-refractivity contribution in [1.82, 2.24) is 24.8 Å². The molecule has 1 unspecified atom stereocenters. The molecule has 1 saturated heterocycles. The van der Waals surface area contributed by atoms with Crippen LogP contribution in [0, 0.1) is 6.92 Å². The van der Waals surface area contributed by atoms with Gasteiger partial charge in [0, 0.05) is 35.2 Å². The number of fused-ring (bicyclic) bond motifs is 1. The minimum atomic E-state index is -0.911. The van der Waals surface area contributed by atoms with Gasteiger partial charge >= 0.3 is 6.09 Å². The third-order valence-corrected chi connectivity index (χ3v) is 5.84. The fourth-order valence-corrected chi connectivity index (χ4v) is 4.08. The number of H-pyrrole nitrogens is 1. The standard InChI is InChI=1S/C20H23ClN6O3/c1-4-30-17-13(11(3)26-19-16-18(23-8-22-16)24-9-25-19)5-14(21)10(2)15(17)12-6-27(7-12)20(28)29/h5,8-9,11-12H,4,6-7H2,1-3H3,(H,28,29)(H2,22,23,24,25,26). The zero-order valence-corrected chi connectivity index (χ0v) is 17.7. The van der Waals surface area contributed by atoms with Crippen LogP contribution < -0.4 is 10.1 Å². The Morgan fingerprint density at radius 2 is 2.20 bits per heavy atom. The fourth-order valence-electron chi connectivity index (χ4n) is 3.86. The molecule has 0 bridgehead atoms. The van der Waals surface area contributed by atoms with Crippen LogP contribution in [0.25, 0.3) is 11.2 Å². The van der Waals surface area contributed by atoms with Gasteiger partial charge in [0.25, 0.3) is 0 Å². The number of hydrogen-bond donors (Lipinski definition) is 3. The van der Waals surface area contributed by atoms with E-state index in [-0.39, 0.29) is 12.0 Å². The van der Waals surface area contributed by atoms with Gasteiger partial charge < -0.3 is 25.0 Å². The van der Waals surface area contributed by atoms with Crippen molar-refractivity contribution in [2.75, 3.05) is 25.0 Å². The second-order valence-electron chi connectivity index (χ2n) is 7.32. The second kappa shape index (κ2) is 7.98. The summed E-state index contributed by atoms with van der Waals surface area (Å²) in [5, 5.41) is 13.2. The molecular formula is C20H23ClN6O3. The summed E-state index contributed by atoms with van der Waals surface area (Å²) in [7, 11) is 0. The van der Waals surface area contributed by atoms with E-state index in [1.54, 1.807) is 6.33 Å². The average Bonchev–Trinajstić information content (AvgIpc) is 3.15. The highest BCUT2D eigenvalue weighted by Crippen LogP contribution is 2.43. The van der Waals surface area contributed by atoms with E-state index in [4.69, 9.17) is 16.3 Å². The first kappa shape index (κ1) is 20.2. The first-order valence-electron chi connectivity index (χ1n) is 9.74. The number of nitrogens with zero attached hydrogens (tertiary/aromatic N) is 4. The normalized spacial score (nSPS) is 15.1. The molecule has 0 saturated carbocycles. The molecule has 0 spiro atoms. The summed E-state index contributed by atoms with van der Waals surface area (Å²) in [5.41, 5.74) is 4.08. The molecule has 1 fully saturated rings. The molecule has 1 aliphatic heterocycles. The Kier molecular flexibility index (Phi) is 5.38. The maximum absolute atomic E-state index is 11.2. The Morgan fingerprint density at radius 3 is 2.90 bits per heavy atom. The molecule has 3 aromatic rings. The van der Waals surface area contributed by atoms with E-state index in [0.29, 0.717) is 36.2 Å². The number of rotatable bonds is 6. The molecule has 0 radical (unpaired) electrons. The minimum absolute atomic E-state index is 0.0469. The van der Waals surface area contributed by atoms with Crippen LogP contribution in [0.1, 0.15) is 42.5 Å². The highest BCUT2D eigenvalue weighted by molar-refractivity contribution is 6.31. The number of nitrogens with one attached hydrogen (secondary N) is 2. The third kappa shape index (κ3) is 3.49. The summed E-state index contributed by atoms with van der Waals surface area (Å²) in [6, 6.07) is 1.72. The molecule has 30 heavy (non-hydrogen) atoms. The van der Waals surface area contributed by atoms with Crippen molar-refractivity contribution < 1.29 is 14.6 Å². The lowest BCUT2D eigenvalue weighted by atomic mass is 9.85. The number of amides is 1. The van der Waals surface area contributed by atoms with E-state index >= 15 is 0 Å². The van der Waals surface area contributed by atoms with Crippen molar-refractivity contribution >= 4 is 34.7 Å². The lowest BCUT2D eigenvalue weighted by Gasteiger charge is -2.39. The number of anilines is 1. The van der Waals surface area contributed by atoms with Crippen molar-refractivity contribution in [2.45, 2.75) is 32.7 Å². The molecule has 3 heterocycles. The predicted molar refractivity (Wildman–Crippen MR) is 113 cm³/mol. The molecule has 10 heteroatoms. The van der Waals surface area contributed by atoms with Gasteiger partial charge in [0.15, 0.2) is 11.5 Å². The topological polar surface area (TPSA) is 116 Å². The van der Waals surface area contributed by atoms with E-state index in [1.165, 1.54) is 11.2 Å². The summed E-state index contributed by atoms with van der Waals surface area (Å²) in [5.74, 6) is 1.43. The van der Waals surface area contributed by atoms with Crippen molar-refractivity contribution in [3.05, 3.63) is 40.4 Å². The SMILES string of the molecule is CCOc1c(C(C)Nc2ncnc3nc[nH]c23)cc(Cl)c(C)c1C1CN(C(=O)O)C1. The lowest BCUT2D eigenvalue weighted by Crippen LogP contribution is -2.48. The molecular weight excluding hydrogens is 408 g/mol. The Hall–Kier alpha value is -3.07. The van der Waals surface area contributed by atoms with Gasteiger partial charge in [-0.05, 0) is 32.4 Å². The van der Waals surface area contributed by atoms with E-state index < -0.39 is 6.09 Å². The van der Waals surface area contributed by atoms with Gasteiger partial charge in [0.2, 0.25) is 0 Å². The maximum Gasteiger partial charge on any atom is 0.407 e. The molecule has 2 aromatic heterocycles. The number of ether oxygens (including phenoxy) is 1.